The van der Waals surface area contributed by atoms with E-state index in [0.717, 1.165) is 72.5 Å². The lowest BCUT2D eigenvalue weighted by Crippen LogP contribution is -2.10. The molecule has 5 nitrogen and oxygen atoms in total. The van der Waals surface area contributed by atoms with Gasteiger partial charge in [-0.2, -0.15) is 0 Å². The van der Waals surface area contributed by atoms with Gasteiger partial charge in [0.2, 0.25) is 5.89 Å². The Morgan fingerprint density at radius 2 is 0.967 bits per heavy atom. The van der Waals surface area contributed by atoms with Crippen molar-refractivity contribution in [2.75, 3.05) is 4.90 Å². The highest BCUT2D eigenvalue weighted by molar-refractivity contribution is 6.17. The van der Waals surface area contributed by atoms with Crippen LogP contribution in [0.3, 0.4) is 0 Å². The Morgan fingerprint density at radius 3 is 1.70 bits per heavy atom. The number of aromatic nitrogens is 2. The van der Waals surface area contributed by atoms with Crippen LogP contribution in [0.5, 0.6) is 0 Å². The molecule has 0 N–H and O–H groups in total. The molecule has 0 atom stereocenters. The monoisotopic (exact) mass is 769 g/mol. The van der Waals surface area contributed by atoms with Crippen molar-refractivity contribution in [1.29, 1.82) is 0 Å². The molecule has 0 spiro atoms. The molecule has 282 valence electrons. The molecule has 60 heavy (non-hydrogen) atoms. The average Bonchev–Trinajstić information content (AvgIpc) is 4.02. The van der Waals surface area contributed by atoms with E-state index in [-0.39, 0.29) is 0 Å². The average molecular weight is 770 g/mol. The topological polar surface area (TPSA) is 47.3 Å². The standard InChI is InChI=1S/C55H35N3O2/c1-4-12-36(13-5-1)37-20-25-42(26-21-37)57(44-29-32-50-47(35-44)45-18-10-11-19-49(45)58(50)41-16-8-3-9-17-41)43-27-22-38(23-28-43)40-24-30-46-52(34-40)59-51-33-31-48-54(53(46)51)60-55(56-48)39-14-6-2-7-15-39/h1-35H. The summed E-state index contributed by atoms with van der Waals surface area (Å²) in [4.78, 5) is 7.15. The Balaban J connectivity index is 0.951. The fourth-order valence-electron chi connectivity index (χ4n) is 8.77. The second kappa shape index (κ2) is 13.8. The number of benzene rings is 9. The van der Waals surface area contributed by atoms with E-state index in [4.69, 9.17) is 13.8 Å². The smallest absolute Gasteiger partial charge is 0.227 e. The molecular formula is C55H35N3O2. The van der Waals surface area contributed by atoms with Crippen molar-refractivity contribution in [3.05, 3.63) is 212 Å². The first-order valence-corrected chi connectivity index (χ1v) is 20.2. The van der Waals surface area contributed by atoms with E-state index in [1.165, 1.54) is 32.9 Å². The van der Waals surface area contributed by atoms with E-state index >= 15 is 0 Å². The van der Waals surface area contributed by atoms with E-state index in [2.05, 4.69) is 179 Å². The van der Waals surface area contributed by atoms with Crippen LogP contribution in [-0.2, 0) is 0 Å². The van der Waals surface area contributed by atoms with E-state index in [9.17, 15) is 0 Å². The first kappa shape index (κ1) is 33.9. The van der Waals surface area contributed by atoms with E-state index < -0.39 is 0 Å². The zero-order chi connectivity index (χ0) is 39.6. The van der Waals surface area contributed by atoms with Crippen molar-refractivity contribution in [3.63, 3.8) is 0 Å². The molecule has 9 aromatic carbocycles. The Bertz CT molecular complexity index is 3510. The van der Waals surface area contributed by atoms with Crippen LogP contribution >= 0.6 is 0 Å². The summed E-state index contributed by atoms with van der Waals surface area (Å²) in [5, 5.41) is 4.36. The molecule has 0 aliphatic carbocycles. The Kier molecular flexibility index (Phi) is 7.78. The Labute approximate surface area is 345 Å². The number of hydrogen-bond donors (Lipinski definition) is 0. The maximum absolute atomic E-state index is 6.45. The SMILES string of the molecule is c1ccc(-c2ccc(N(c3ccc(-c4ccc5c(c4)oc4ccc6nc(-c7ccccc7)oc6c45)cc3)c3ccc4c(c3)c3ccccc3n4-c3ccccc3)cc2)cc1. The van der Waals surface area contributed by atoms with Crippen molar-refractivity contribution >= 4 is 71.9 Å². The number of furan rings is 1. The van der Waals surface area contributed by atoms with Crippen molar-refractivity contribution < 1.29 is 8.83 Å². The zero-order valence-corrected chi connectivity index (χ0v) is 32.4. The third-order valence-electron chi connectivity index (χ3n) is 11.6. The molecule has 5 heteroatoms. The van der Waals surface area contributed by atoms with Gasteiger partial charge in [-0.25, -0.2) is 4.98 Å². The second-order valence-corrected chi connectivity index (χ2v) is 15.2. The predicted octanol–water partition coefficient (Wildman–Crippen LogP) is 15.3. The summed E-state index contributed by atoms with van der Waals surface area (Å²) < 4.78 is 15.2. The zero-order valence-electron chi connectivity index (χ0n) is 32.4. The molecule has 0 amide bonds. The fourth-order valence-corrected chi connectivity index (χ4v) is 8.77. The third kappa shape index (κ3) is 5.59. The number of nitrogens with zero attached hydrogens (tertiary/aromatic N) is 3. The lowest BCUT2D eigenvalue weighted by molar-refractivity contribution is 0.622. The molecule has 0 fully saturated rings. The van der Waals surface area contributed by atoms with E-state index in [1.807, 2.05) is 42.5 Å². The van der Waals surface area contributed by atoms with Crippen LogP contribution in [0.4, 0.5) is 17.1 Å². The third-order valence-corrected chi connectivity index (χ3v) is 11.6. The largest absolute Gasteiger partial charge is 0.456 e. The van der Waals surface area contributed by atoms with Gasteiger partial charge in [0.05, 0.1) is 16.4 Å². The highest BCUT2D eigenvalue weighted by atomic mass is 16.4. The summed E-state index contributed by atoms with van der Waals surface area (Å²) in [6.45, 7) is 0. The molecule has 12 aromatic rings. The number of oxazole rings is 1. The second-order valence-electron chi connectivity index (χ2n) is 15.2. The van der Waals surface area contributed by atoms with Crippen LogP contribution in [0.2, 0.25) is 0 Å². The molecular weight excluding hydrogens is 735 g/mol. The Hall–Kier alpha value is -8.15. The van der Waals surface area contributed by atoms with Gasteiger partial charge in [0, 0.05) is 44.5 Å². The van der Waals surface area contributed by atoms with E-state index in [1.54, 1.807) is 0 Å². The van der Waals surface area contributed by atoms with Crippen molar-refractivity contribution in [3.8, 4) is 39.4 Å². The maximum Gasteiger partial charge on any atom is 0.227 e. The molecule has 0 bridgehead atoms. The molecule has 12 rings (SSSR count). The summed E-state index contributed by atoms with van der Waals surface area (Å²) in [6.07, 6.45) is 0. The normalized spacial score (nSPS) is 11.7. The molecule has 0 unspecified atom stereocenters. The predicted molar refractivity (Wildman–Crippen MR) is 247 cm³/mol. The van der Waals surface area contributed by atoms with Gasteiger partial charge in [0.25, 0.3) is 0 Å². The first-order chi connectivity index (χ1) is 29.7. The number of rotatable bonds is 7. The van der Waals surface area contributed by atoms with Crippen molar-refractivity contribution in [2.45, 2.75) is 0 Å². The summed E-state index contributed by atoms with van der Waals surface area (Å²) in [7, 11) is 0. The van der Waals surface area contributed by atoms with Gasteiger partial charge in [-0.05, 0) is 119 Å². The quantitative estimate of drug-likeness (QED) is 0.162. The van der Waals surface area contributed by atoms with E-state index in [0.29, 0.717) is 5.89 Å². The van der Waals surface area contributed by atoms with Crippen LogP contribution in [-0.4, -0.2) is 9.55 Å². The van der Waals surface area contributed by atoms with Gasteiger partial charge >= 0.3 is 0 Å². The fraction of sp³-hybridized carbons (Fsp3) is 0. The van der Waals surface area contributed by atoms with Gasteiger partial charge in [0.15, 0.2) is 5.58 Å². The molecule has 0 aliphatic heterocycles. The molecule has 0 aliphatic rings. The molecule has 0 saturated carbocycles. The van der Waals surface area contributed by atoms with Crippen LogP contribution in [0, 0.1) is 0 Å². The van der Waals surface area contributed by atoms with Gasteiger partial charge in [-0.3, -0.25) is 0 Å². The Morgan fingerprint density at radius 1 is 0.383 bits per heavy atom. The van der Waals surface area contributed by atoms with Crippen molar-refractivity contribution in [2.24, 2.45) is 0 Å². The molecule has 0 radical (unpaired) electrons. The summed E-state index contributed by atoms with van der Waals surface area (Å²) in [5.74, 6) is 0.601. The summed E-state index contributed by atoms with van der Waals surface area (Å²) >= 11 is 0. The highest BCUT2D eigenvalue weighted by Gasteiger charge is 2.20. The first-order valence-electron chi connectivity index (χ1n) is 20.2. The summed E-state index contributed by atoms with van der Waals surface area (Å²) in [5.41, 5.74) is 15.3. The lowest BCUT2D eigenvalue weighted by Gasteiger charge is -2.26. The van der Waals surface area contributed by atoms with Gasteiger partial charge in [0.1, 0.15) is 16.7 Å². The van der Waals surface area contributed by atoms with Gasteiger partial charge in [-0.15, -0.1) is 0 Å². The maximum atomic E-state index is 6.45. The number of fused-ring (bicyclic) bond motifs is 8. The number of para-hydroxylation sites is 2. The van der Waals surface area contributed by atoms with Crippen LogP contribution in [0.1, 0.15) is 0 Å². The minimum absolute atomic E-state index is 0.601. The van der Waals surface area contributed by atoms with Crippen molar-refractivity contribution in [1.82, 2.24) is 9.55 Å². The van der Waals surface area contributed by atoms with Crippen LogP contribution < -0.4 is 4.90 Å². The lowest BCUT2D eigenvalue weighted by atomic mass is 10.0. The minimum atomic E-state index is 0.601. The minimum Gasteiger partial charge on any atom is -0.456 e. The van der Waals surface area contributed by atoms with Gasteiger partial charge in [-0.1, -0.05) is 115 Å². The van der Waals surface area contributed by atoms with Crippen LogP contribution in [0.25, 0.3) is 94.2 Å². The highest BCUT2D eigenvalue weighted by Crippen LogP contribution is 2.42. The molecule has 3 aromatic heterocycles. The van der Waals surface area contributed by atoms with Gasteiger partial charge < -0.3 is 18.3 Å². The molecule has 0 saturated heterocycles. The van der Waals surface area contributed by atoms with Crippen LogP contribution in [0.15, 0.2) is 221 Å². The molecule has 3 heterocycles. The summed E-state index contributed by atoms with van der Waals surface area (Å²) in [6, 6.07) is 74.7. The number of anilines is 3. The number of hydrogen-bond acceptors (Lipinski definition) is 4.